The number of hydrogen-bond donors (Lipinski definition) is 0. The molecule has 0 radical (unpaired) electrons. The van der Waals surface area contributed by atoms with Crippen LogP contribution in [0, 0.1) is 0 Å². The zero-order chi connectivity index (χ0) is 44.7. The molecule has 5 nitrogen and oxygen atoms in total. The minimum absolute atomic E-state index is 0.867. The fourth-order valence-electron chi connectivity index (χ4n) is 10.5. The highest BCUT2D eigenvalue weighted by atomic mass is 32.1. The first kappa shape index (κ1) is 38.4. The lowest BCUT2D eigenvalue weighted by molar-refractivity contribution is 0.673. The Bertz CT molecular complexity index is 3820. The van der Waals surface area contributed by atoms with Crippen molar-refractivity contribution in [3.8, 4) is 11.4 Å². The first-order valence-electron chi connectivity index (χ1n) is 23.0. The molecular formula is C62H40N4OS. The average Bonchev–Trinajstić information content (AvgIpc) is 4.14. The first-order chi connectivity index (χ1) is 33.7. The van der Waals surface area contributed by atoms with E-state index in [0.717, 1.165) is 72.1 Å². The summed E-state index contributed by atoms with van der Waals surface area (Å²) in [7, 11) is 0. The van der Waals surface area contributed by atoms with E-state index in [2.05, 4.69) is 262 Å². The molecule has 0 unspecified atom stereocenters. The van der Waals surface area contributed by atoms with Crippen LogP contribution in [0.1, 0.15) is 0 Å². The number of para-hydroxylation sites is 6. The summed E-state index contributed by atoms with van der Waals surface area (Å²) >= 11 is 1.79. The molecular weight excluding hydrogens is 849 g/mol. The van der Waals surface area contributed by atoms with Gasteiger partial charge in [0.25, 0.3) is 0 Å². The molecule has 320 valence electrons. The van der Waals surface area contributed by atoms with Crippen LogP contribution in [0.5, 0.6) is 0 Å². The molecule has 6 heteroatoms. The van der Waals surface area contributed by atoms with Crippen LogP contribution in [0.25, 0.3) is 86.3 Å². The maximum absolute atomic E-state index is 6.86. The topological polar surface area (TPSA) is 29.5 Å². The number of hydrogen-bond acceptors (Lipinski definition) is 4. The summed E-state index contributed by atoms with van der Waals surface area (Å²) in [6.07, 6.45) is 0. The first-order valence-corrected chi connectivity index (χ1v) is 23.8. The largest absolute Gasteiger partial charge is 0.454 e. The third-order valence-electron chi connectivity index (χ3n) is 13.5. The van der Waals surface area contributed by atoms with E-state index in [4.69, 9.17) is 4.42 Å². The van der Waals surface area contributed by atoms with Crippen molar-refractivity contribution in [2.45, 2.75) is 0 Å². The standard InChI is InChI=1S/C62H40N4OS/c1-3-15-41(16-4-1)63(43-27-31-45(32-28-43)65-55-23-11-7-19-49(55)50-20-8-12-24-56(50)65)47-35-37-53-59(39-47)67-61-54-38-36-48(40-60(54)68-62(53)61)64(42-17-5-2-6-18-42)44-29-33-46(34-30-44)66-57-25-13-9-21-51(57)52-22-10-14-26-58(52)66/h1-40H. The van der Waals surface area contributed by atoms with Crippen molar-refractivity contribution in [1.82, 2.24) is 9.13 Å². The number of thiophene rings is 1. The van der Waals surface area contributed by atoms with Crippen molar-refractivity contribution in [1.29, 1.82) is 0 Å². The van der Waals surface area contributed by atoms with E-state index in [9.17, 15) is 0 Å². The van der Waals surface area contributed by atoms with Crippen LogP contribution in [0.3, 0.4) is 0 Å². The Morgan fingerprint density at radius 1 is 0.309 bits per heavy atom. The second-order valence-corrected chi connectivity index (χ2v) is 18.4. The van der Waals surface area contributed by atoms with Gasteiger partial charge in [0, 0.05) is 88.6 Å². The Morgan fingerprint density at radius 2 is 0.676 bits per heavy atom. The normalized spacial score (nSPS) is 11.8. The van der Waals surface area contributed by atoms with Crippen LogP contribution in [0.15, 0.2) is 247 Å². The molecule has 0 aliphatic carbocycles. The Hall–Kier alpha value is -8.84. The fraction of sp³-hybridized carbons (Fsp3) is 0. The second kappa shape index (κ2) is 15.4. The molecule has 68 heavy (non-hydrogen) atoms. The van der Waals surface area contributed by atoms with Gasteiger partial charge in [0.2, 0.25) is 0 Å². The molecule has 14 aromatic rings. The number of anilines is 6. The van der Waals surface area contributed by atoms with Crippen molar-refractivity contribution in [2.75, 3.05) is 9.80 Å². The van der Waals surface area contributed by atoms with Crippen LogP contribution < -0.4 is 9.80 Å². The van der Waals surface area contributed by atoms with Gasteiger partial charge in [-0.25, -0.2) is 0 Å². The van der Waals surface area contributed by atoms with Crippen LogP contribution in [-0.4, -0.2) is 9.13 Å². The maximum Gasteiger partial charge on any atom is 0.154 e. The summed E-state index contributed by atoms with van der Waals surface area (Å²) in [4.78, 5) is 4.65. The Labute approximate surface area is 395 Å². The van der Waals surface area contributed by atoms with Crippen molar-refractivity contribution in [2.24, 2.45) is 0 Å². The predicted molar refractivity (Wildman–Crippen MR) is 287 cm³/mol. The predicted octanol–water partition coefficient (Wildman–Crippen LogP) is 17.9. The highest BCUT2D eigenvalue weighted by Crippen LogP contribution is 2.46. The molecule has 14 rings (SSSR count). The second-order valence-electron chi connectivity index (χ2n) is 17.3. The molecule has 0 fully saturated rings. The average molecular weight is 889 g/mol. The van der Waals surface area contributed by atoms with Crippen molar-refractivity contribution in [3.63, 3.8) is 0 Å². The Balaban J connectivity index is 0.826. The maximum atomic E-state index is 6.86. The summed E-state index contributed by atoms with van der Waals surface area (Å²) < 4.78 is 13.9. The lowest BCUT2D eigenvalue weighted by Gasteiger charge is -2.26. The molecule has 4 heterocycles. The third-order valence-corrected chi connectivity index (χ3v) is 14.7. The molecule has 0 spiro atoms. The number of nitrogens with zero attached hydrogens (tertiary/aromatic N) is 4. The number of aromatic nitrogens is 2. The number of furan rings is 1. The lowest BCUT2D eigenvalue weighted by atomic mass is 10.1. The van der Waals surface area contributed by atoms with E-state index in [1.165, 1.54) is 48.3 Å². The molecule has 0 aliphatic heterocycles. The lowest BCUT2D eigenvalue weighted by Crippen LogP contribution is -2.10. The van der Waals surface area contributed by atoms with Gasteiger partial charge in [0.1, 0.15) is 5.58 Å². The van der Waals surface area contributed by atoms with Gasteiger partial charge in [-0.05, 0) is 127 Å². The SMILES string of the molecule is c1ccc(N(c2ccc(-n3c4ccccc4c4ccccc43)cc2)c2ccc3c(c2)oc2c4ccc(N(c5ccccc5)c5ccc(-n6c7ccccc7c7ccccc76)cc5)cc4sc32)cc1. The summed E-state index contributed by atoms with van der Waals surface area (Å²) in [5, 5.41) is 7.25. The molecule has 10 aromatic carbocycles. The summed E-state index contributed by atoms with van der Waals surface area (Å²) in [6.45, 7) is 0. The van der Waals surface area contributed by atoms with E-state index in [1.807, 2.05) is 0 Å². The zero-order valence-corrected chi connectivity index (χ0v) is 37.5. The fourth-order valence-corrected chi connectivity index (χ4v) is 11.7. The minimum Gasteiger partial charge on any atom is -0.454 e. The van der Waals surface area contributed by atoms with Gasteiger partial charge in [-0.1, -0.05) is 109 Å². The van der Waals surface area contributed by atoms with E-state index in [1.54, 1.807) is 11.3 Å². The van der Waals surface area contributed by atoms with Crippen LogP contribution in [0.4, 0.5) is 34.1 Å². The van der Waals surface area contributed by atoms with Crippen molar-refractivity contribution < 1.29 is 4.42 Å². The quantitative estimate of drug-likeness (QED) is 0.152. The Morgan fingerprint density at radius 3 is 1.13 bits per heavy atom. The van der Waals surface area contributed by atoms with Crippen LogP contribution in [-0.2, 0) is 0 Å². The highest BCUT2D eigenvalue weighted by molar-refractivity contribution is 7.26. The summed E-state index contributed by atoms with van der Waals surface area (Å²) in [5.41, 5.74) is 15.3. The third kappa shape index (κ3) is 6.01. The van der Waals surface area contributed by atoms with Gasteiger partial charge in [0.15, 0.2) is 5.58 Å². The van der Waals surface area contributed by atoms with Gasteiger partial charge >= 0.3 is 0 Å². The van der Waals surface area contributed by atoms with Crippen LogP contribution in [0.2, 0.25) is 0 Å². The van der Waals surface area contributed by atoms with Gasteiger partial charge in [0.05, 0.1) is 26.8 Å². The zero-order valence-electron chi connectivity index (χ0n) is 36.7. The highest BCUT2D eigenvalue weighted by Gasteiger charge is 2.21. The Kier molecular flexibility index (Phi) is 8.69. The number of benzene rings is 10. The van der Waals surface area contributed by atoms with Gasteiger partial charge < -0.3 is 23.4 Å². The van der Waals surface area contributed by atoms with Crippen molar-refractivity contribution >= 4 is 120 Å². The van der Waals surface area contributed by atoms with Crippen LogP contribution >= 0.6 is 11.3 Å². The molecule has 0 atom stereocenters. The molecule has 0 aliphatic rings. The van der Waals surface area contributed by atoms with E-state index in [0.29, 0.717) is 0 Å². The molecule has 0 saturated heterocycles. The smallest absolute Gasteiger partial charge is 0.154 e. The molecule has 0 saturated carbocycles. The van der Waals surface area contributed by atoms with Gasteiger partial charge in [-0.3, -0.25) is 0 Å². The monoisotopic (exact) mass is 888 g/mol. The van der Waals surface area contributed by atoms with Gasteiger partial charge in [-0.15, -0.1) is 11.3 Å². The van der Waals surface area contributed by atoms with E-state index >= 15 is 0 Å². The summed E-state index contributed by atoms with van der Waals surface area (Å²) in [5.74, 6) is 0. The molecule has 4 aromatic heterocycles. The summed E-state index contributed by atoms with van der Waals surface area (Å²) in [6, 6.07) is 87.1. The molecule has 0 N–H and O–H groups in total. The molecule has 0 bridgehead atoms. The van der Waals surface area contributed by atoms with E-state index < -0.39 is 0 Å². The van der Waals surface area contributed by atoms with Crippen molar-refractivity contribution in [3.05, 3.63) is 243 Å². The van der Waals surface area contributed by atoms with Gasteiger partial charge in [-0.2, -0.15) is 0 Å². The molecule has 0 amide bonds. The number of fused-ring (bicyclic) bond motifs is 11. The minimum atomic E-state index is 0.867. The number of rotatable bonds is 8. The van der Waals surface area contributed by atoms with E-state index in [-0.39, 0.29) is 0 Å².